The van der Waals surface area contributed by atoms with Crippen LogP contribution in [0.25, 0.3) is 10.9 Å². The molecule has 1 aromatic carbocycles. The molecule has 7 heteroatoms. The van der Waals surface area contributed by atoms with E-state index in [9.17, 15) is 10.1 Å². The lowest BCUT2D eigenvalue weighted by Gasteiger charge is -2.41. The lowest BCUT2D eigenvalue weighted by Crippen LogP contribution is -2.50. The third kappa shape index (κ3) is 3.86. The third-order valence-electron chi connectivity index (χ3n) is 5.30. The molecule has 1 fully saturated rings. The van der Waals surface area contributed by atoms with Gasteiger partial charge in [-0.2, -0.15) is 5.26 Å². The Bertz CT molecular complexity index is 1100. The molecular formula is C22H23N5O2. The summed E-state index contributed by atoms with van der Waals surface area (Å²) in [6.45, 7) is 3.41. The zero-order valence-corrected chi connectivity index (χ0v) is 16.3. The fraction of sp³-hybridized carbons (Fsp3) is 0.318. The van der Waals surface area contributed by atoms with Crippen molar-refractivity contribution in [2.75, 3.05) is 31.3 Å². The van der Waals surface area contributed by atoms with Crippen LogP contribution in [-0.4, -0.2) is 36.0 Å². The molecule has 0 radical (unpaired) electrons. The van der Waals surface area contributed by atoms with Crippen LogP contribution in [0.3, 0.4) is 0 Å². The van der Waals surface area contributed by atoms with E-state index in [1.165, 1.54) is 5.56 Å². The first kappa shape index (κ1) is 19.1. The molecule has 1 aliphatic rings. The van der Waals surface area contributed by atoms with E-state index in [1.807, 2.05) is 36.4 Å². The first-order chi connectivity index (χ1) is 14.2. The summed E-state index contributed by atoms with van der Waals surface area (Å²) in [6, 6.07) is 13.8. The Hall–Kier alpha value is -3.21. The highest BCUT2D eigenvalue weighted by Crippen LogP contribution is 2.33. The molecule has 0 aliphatic carbocycles. The maximum absolute atomic E-state index is 12.6. The molecule has 4 rings (SSSR count). The molecule has 1 N–H and O–H groups in total. The summed E-state index contributed by atoms with van der Waals surface area (Å²) in [6.07, 6.45) is 3.55. The number of anilines is 1. The van der Waals surface area contributed by atoms with Gasteiger partial charge in [0.15, 0.2) is 0 Å². The van der Waals surface area contributed by atoms with E-state index in [-0.39, 0.29) is 11.1 Å². The summed E-state index contributed by atoms with van der Waals surface area (Å²) in [4.78, 5) is 18.7. The number of nitrogens with zero attached hydrogens (tertiary/aromatic N) is 4. The number of fused-ring (bicyclic) bond motifs is 1. The van der Waals surface area contributed by atoms with Gasteiger partial charge in [0.05, 0.1) is 24.5 Å². The number of pyridine rings is 2. The van der Waals surface area contributed by atoms with Crippen molar-refractivity contribution in [3.8, 4) is 6.07 Å². The lowest BCUT2D eigenvalue weighted by molar-refractivity contribution is 0.0749. The van der Waals surface area contributed by atoms with Gasteiger partial charge in [-0.05, 0) is 23.8 Å². The molecule has 1 aliphatic heterocycles. The van der Waals surface area contributed by atoms with Crippen LogP contribution in [0.2, 0.25) is 0 Å². The quantitative estimate of drug-likeness (QED) is 0.492. The summed E-state index contributed by atoms with van der Waals surface area (Å²) in [5, 5.41) is 13.8. The van der Waals surface area contributed by atoms with Crippen LogP contribution in [0, 0.1) is 17.2 Å². The number of aryl methyl sites for hydroxylation is 1. The smallest absolute Gasteiger partial charge is 0.270 e. The maximum atomic E-state index is 12.6. The Morgan fingerprint density at radius 1 is 1.24 bits per heavy atom. The van der Waals surface area contributed by atoms with Crippen LogP contribution < -0.4 is 15.8 Å². The highest BCUT2D eigenvalue weighted by molar-refractivity contribution is 5.95. The van der Waals surface area contributed by atoms with E-state index in [1.54, 1.807) is 24.0 Å². The minimum absolute atomic E-state index is 0.213. The van der Waals surface area contributed by atoms with Gasteiger partial charge in [0.2, 0.25) is 0 Å². The average Bonchev–Trinajstić information content (AvgIpc) is 2.73. The minimum atomic E-state index is -0.249. The summed E-state index contributed by atoms with van der Waals surface area (Å²) in [5.74, 6) is 0.382. The zero-order valence-electron chi connectivity index (χ0n) is 16.3. The van der Waals surface area contributed by atoms with Crippen molar-refractivity contribution in [2.24, 2.45) is 13.0 Å². The normalized spacial score (nSPS) is 14.0. The van der Waals surface area contributed by atoms with E-state index in [4.69, 9.17) is 4.74 Å². The average molecular weight is 389 g/mol. The SMILES string of the molecule is Cn1c(=O)c(C#N)c(N2CC(COCNCc3ccncc3)C2)c2ccccc21. The monoisotopic (exact) mass is 389 g/mol. The number of benzene rings is 1. The van der Waals surface area contributed by atoms with Crippen LogP contribution >= 0.6 is 0 Å². The first-order valence-electron chi connectivity index (χ1n) is 9.63. The molecule has 7 nitrogen and oxygen atoms in total. The van der Waals surface area contributed by atoms with Crippen molar-refractivity contribution < 1.29 is 4.74 Å². The molecule has 0 bridgehead atoms. The molecule has 29 heavy (non-hydrogen) atoms. The number of hydrogen-bond donors (Lipinski definition) is 1. The maximum Gasteiger partial charge on any atom is 0.270 e. The Morgan fingerprint density at radius 3 is 2.76 bits per heavy atom. The second-order valence-electron chi connectivity index (χ2n) is 7.29. The highest BCUT2D eigenvalue weighted by atomic mass is 16.5. The van der Waals surface area contributed by atoms with Gasteiger partial charge in [-0.15, -0.1) is 0 Å². The number of para-hydroxylation sites is 1. The molecule has 0 amide bonds. The fourth-order valence-electron chi connectivity index (χ4n) is 3.76. The molecule has 3 aromatic rings. The third-order valence-corrected chi connectivity index (χ3v) is 5.30. The molecule has 1 saturated heterocycles. The van der Waals surface area contributed by atoms with Crippen molar-refractivity contribution in [1.82, 2.24) is 14.9 Å². The van der Waals surface area contributed by atoms with Gasteiger partial charge in [0.25, 0.3) is 5.56 Å². The summed E-state index contributed by atoms with van der Waals surface area (Å²) in [7, 11) is 1.71. The van der Waals surface area contributed by atoms with E-state index in [0.29, 0.717) is 19.3 Å². The lowest BCUT2D eigenvalue weighted by atomic mass is 9.97. The van der Waals surface area contributed by atoms with Gasteiger partial charge in [-0.1, -0.05) is 18.2 Å². The molecule has 148 valence electrons. The predicted molar refractivity (Wildman–Crippen MR) is 112 cm³/mol. The van der Waals surface area contributed by atoms with Gasteiger partial charge in [-0.3, -0.25) is 15.1 Å². The van der Waals surface area contributed by atoms with E-state index in [2.05, 4.69) is 21.3 Å². The number of nitriles is 1. The number of aromatic nitrogens is 2. The molecule has 0 spiro atoms. The summed E-state index contributed by atoms with van der Waals surface area (Å²) in [5.41, 5.74) is 2.72. The van der Waals surface area contributed by atoms with Crippen molar-refractivity contribution in [3.63, 3.8) is 0 Å². The highest BCUT2D eigenvalue weighted by Gasteiger charge is 2.31. The van der Waals surface area contributed by atoms with Crippen LogP contribution in [0.15, 0.2) is 53.6 Å². The van der Waals surface area contributed by atoms with Gasteiger partial charge in [0, 0.05) is 50.4 Å². The predicted octanol–water partition coefficient (Wildman–Crippen LogP) is 2.01. The van der Waals surface area contributed by atoms with Gasteiger partial charge >= 0.3 is 0 Å². The van der Waals surface area contributed by atoms with Crippen molar-refractivity contribution in [3.05, 3.63) is 70.3 Å². The largest absolute Gasteiger partial charge is 0.369 e. The first-order valence-corrected chi connectivity index (χ1v) is 9.63. The molecule has 0 atom stereocenters. The topological polar surface area (TPSA) is 83.2 Å². The van der Waals surface area contributed by atoms with Gasteiger partial charge in [0.1, 0.15) is 11.6 Å². The summed E-state index contributed by atoms with van der Waals surface area (Å²) >= 11 is 0. The molecule has 2 aromatic heterocycles. The van der Waals surface area contributed by atoms with Gasteiger partial charge < -0.3 is 14.2 Å². The Labute approximate surface area is 169 Å². The van der Waals surface area contributed by atoms with Crippen molar-refractivity contribution in [1.29, 1.82) is 5.26 Å². The second kappa shape index (κ2) is 8.43. The number of nitrogens with one attached hydrogen (secondary N) is 1. The van der Waals surface area contributed by atoms with Crippen LogP contribution in [0.5, 0.6) is 0 Å². The number of ether oxygens (including phenoxy) is 1. The second-order valence-corrected chi connectivity index (χ2v) is 7.29. The van der Waals surface area contributed by atoms with Crippen LogP contribution in [0.1, 0.15) is 11.1 Å². The minimum Gasteiger partial charge on any atom is -0.369 e. The number of hydrogen-bond acceptors (Lipinski definition) is 6. The summed E-state index contributed by atoms with van der Waals surface area (Å²) < 4.78 is 7.29. The molecule has 0 unspecified atom stereocenters. The molecule has 0 saturated carbocycles. The van der Waals surface area contributed by atoms with Crippen LogP contribution in [-0.2, 0) is 18.3 Å². The molecule has 3 heterocycles. The van der Waals surface area contributed by atoms with E-state index >= 15 is 0 Å². The van der Waals surface area contributed by atoms with Crippen LogP contribution in [0.4, 0.5) is 5.69 Å². The Balaban J connectivity index is 1.35. The zero-order chi connectivity index (χ0) is 20.2. The Kier molecular flexibility index (Phi) is 5.56. The Morgan fingerprint density at radius 2 is 2.00 bits per heavy atom. The van der Waals surface area contributed by atoms with E-state index < -0.39 is 0 Å². The van der Waals surface area contributed by atoms with E-state index in [0.717, 1.165) is 36.2 Å². The van der Waals surface area contributed by atoms with Crippen molar-refractivity contribution in [2.45, 2.75) is 6.54 Å². The van der Waals surface area contributed by atoms with Crippen molar-refractivity contribution >= 4 is 16.6 Å². The number of rotatable bonds is 7. The fourth-order valence-corrected chi connectivity index (χ4v) is 3.76. The molecular weight excluding hydrogens is 366 g/mol. The van der Waals surface area contributed by atoms with Gasteiger partial charge in [-0.25, -0.2) is 0 Å². The standard InChI is InChI=1S/C22H23N5O2/c1-26-20-5-3-2-4-18(20)21(19(10-23)22(26)28)27-12-17(13-27)14-29-15-25-11-16-6-8-24-9-7-16/h2-9,17,25H,11-15H2,1H3.